The molecule has 6 nitrogen and oxygen atoms in total. The lowest BCUT2D eigenvalue weighted by atomic mass is 10.1. The summed E-state index contributed by atoms with van der Waals surface area (Å²) >= 11 is 0. The number of nitrogens with two attached hydrogens (primary N) is 1. The summed E-state index contributed by atoms with van der Waals surface area (Å²) in [6.45, 7) is 8.42. The third-order valence-electron chi connectivity index (χ3n) is 2.92. The van der Waals surface area contributed by atoms with Gasteiger partial charge in [0.05, 0.1) is 11.4 Å². The largest absolute Gasteiger partial charge is 0.409 e. The van der Waals surface area contributed by atoms with E-state index in [0.717, 1.165) is 25.3 Å². The molecule has 0 radical (unpaired) electrons. The first kappa shape index (κ1) is 14.5. The molecule has 1 aromatic rings. The van der Waals surface area contributed by atoms with Crippen molar-refractivity contribution in [2.45, 2.75) is 33.9 Å². The van der Waals surface area contributed by atoms with Crippen LogP contribution in [0.3, 0.4) is 0 Å². The molecule has 1 atom stereocenters. The minimum atomic E-state index is 0.0269. The number of aryl methyl sites for hydroxylation is 2. The van der Waals surface area contributed by atoms with Crippen LogP contribution >= 0.6 is 0 Å². The van der Waals surface area contributed by atoms with E-state index in [0.29, 0.717) is 0 Å². The zero-order valence-corrected chi connectivity index (χ0v) is 11.6. The van der Waals surface area contributed by atoms with Crippen LogP contribution < -0.4 is 5.73 Å². The Morgan fingerprint density at radius 2 is 2.33 bits per heavy atom. The summed E-state index contributed by atoms with van der Waals surface area (Å²) in [7, 11) is 2.02. The fraction of sp³-hybridized carbons (Fsp3) is 0.667. The Bertz CT molecular complexity index is 413. The molecule has 6 heteroatoms. The van der Waals surface area contributed by atoms with Gasteiger partial charge in [-0.25, -0.2) is 0 Å². The average Bonchev–Trinajstić information content (AvgIpc) is 2.67. The minimum Gasteiger partial charge on any atom is -0.409 e. The number of amidine groups is 1. The summed E-state index contributed by atoms with van der Waals surface area (Å²) in [5.41, 5.74) is 7.79. The molecule has 0 amide bonds. The van der Waals surface area contributed by atoms with E-state index in [9.17, 15) is 0 Å². The molecule has 0 bridgehead atoms. The predicted molar refractivity (Wildman–Crippen MR) is 71.5 cm³/mol. The van der Waals surface area contributed by atoms with Crippen LogP contribution in [0.25, 0.3) is 0 Å². The zero-order chi connectivity index (χ0) is 13.7. The van der Waals surface area contributed by atoms with Gasteiger partial charge in [-0.3, -0.25) is 9.58 Å². The highest BCUT2D eigenvalue weighted by Gasteiger charge is 2.13. The van der Waals surface area contributed by atoms with Gasteiger partial charge in [0.1, 0.15) is 5.84 Å². The van der Waals surface area contributed by atoms with Crippen LogP contribution in [0.4, 0.5) is 0 Å². The molecule has 102 valence electrons. The molecule has 0 saturated heterocycles. The van der Waals surface area contributed by atoms with Gasteiger partial charge >= 0.3 is 0 Å². The second-order valence-corrected chi connectivity index (χ2v) is 4.72. The van der Waals surface area contributed by atoms with Crippen molar-refractivity contribution in [3.63, 3.8) is 0 Å². The van der Waals surface area contributed by atoms with E-state index in [2.05, 4.69) is 28.1 Å². The monoisotopic (exact) mass is 253 g/mol. The highest BCUT2D eigenvalue weighted by molar-refractivity contribution is 5.82. The Morgan fingerprint density at radius 1 is 1.67 bits per heavy atom. The van der Waals surface area contributed by atoms with Gasteiger partial charge in [0, 0.05) is 25.6 Å². The number of rotatable bonds is 6. The van der Waals surface area contributed by atoms with Gasteiger partial charge in [-0.1, -0.05) is 12.1 Å². The maximum Gasteiger partial charge on any atom is 0.143 e. The topological polar surface area (TPSA) is 79.7 Å². The Kier molecular flexibility index (Phi) is 5.15. The van der Waals surface area contributed by atoms with E-state index in [-0.39, 0.29) is 11.8 Å². The van der Waals surface area contributed by atoms with Gasteiger partial charge in [0.2, 0.25) is 0 Å². The first-order valence-electron chi connectivity index (χ1n) is 6.17. The van der Waals surface area contributed by atoms with Crippen molar-refractivity contribution in [3.05, 3.63) is 17.5 Å². The first-order chi connectivity index (χ1) is 8.47. The Labute approximate surface area is 108 Å². The Hall–Kier alpha value is -1.56. The summed E-state index contributed by atoms with van der Waals surface area (Å²) in [4.78, 5) is 2.14. The van der Waals surface area contributed by atoms with Crippen molar-refractivity contribution in [2.75, 3.05) is 13.6 Å². The van der Waals surface area contributed by atoms with E-state index >= 15 is 0 Å². The Morgan fingerprint density at radius 3 is 2.89 bits per heavy atom. The van der Waals surface area contributed by atoms with Crippen LogP contribution in [-0.4, -0.2) is 39.3 Å². The number of aromatic nitrogens is 2. The van der Waals surface area contributed by atoms with Gasteiger partial charge in [0.15, 0.2) is 0 Å². The predicted octanol–water partition coefficient (Wildman–Crippen LogP) is 1.03. The second kappa shape index (κ2) is 6.39. The molecule has 0 saturated carbocycles. The summed E-state index contributed by atoms with van der Waals surface area (Å²) in [6.07, 6.45) is 0. The second-order valence-electron chi connectivity index (χ2n) is 4.72. The van der Waals surface area contributed by atoms with Crippen molar-refractivity contribution < 1.29 is 5.21 Å². The molecule has 1 heterocycles. The minimum absolute atomic E-state index is 0.0269. The number of hydrogen-bond donors (Lipinski definition) is 2. The van der Waals surface area contributed by atoms with Crippen molar-refractivity contribution in [2.24, 2.45) is 16.8 Å². The molecule has 1 unspecified atom stereocenters. The van der Waals surface area contributed by atoms with Crippen LogP contribution in [0.1, 0.15) is 25.2 Å². The van der Waals surface area contributed by atoms with E-state index in [1.807, 2.05) is 25.6 Å². The molecule has 0 aliphatic heterocycles. The normalized spacial score (nSPS) is 14.2. The molecule has 1 aromatic heterocycles. The fourth-order valence-corrected chi connectivity index (χ4v) is 2.00. The Balaban J connectivity index is 2.61. The first-order valence-corrected chi connectivity index (χ1v) is 6.17. The lowest BCUT2D eigenvalue weighted by Crippen LogP contribution is -2.32. The maximum atomic E-state index is 8.62. The molecule has 0 spiro atoms. The third kappa shape index (κ3) is 3.73. The van der Waals surface area contributed by atoms with Crippen molar-refractivity contribution in [3.8, 4) is 0 Å². The average molecular weight is 253 g/mol. The van der Waals surface area contributed by atoms with Gasteiger partial charge in [-0.2, -0.15) is 5.10 Å². The van der Waals surface area contributed by atoms with Crippen LogP contribution in [0, 0.1) is 12.8 Å². The fourth-order valence-electron chi connectivity index (χ4n) is 2.00. The molecule has 18 heavy (non-hydrogen) atoms. The van der Waals surface area contributed by atoms with Crippen LogP contribution in [0.15, 0.2) is 11.2 Å². The van der Waals surface area contributed by atoms with Crippen molar-refractivity contribution in [1.29, 1.82) is 0 Å². The van der Waals surface area contributed by atoms with Crippen LogP contribution in [0.5, 0.6) is 0 Å². The lowest BCUT2D eigenvalue weighted by molar-refractivity contribution is 0.284. The van der Waals surface area contributed by atoms with Gasteiger partial charge in [0.25, 0.3) is 0 Å². The smallest absolute Gasteiger partial charge is 0.143 e. The van der Waals surface area contributed by atoms with Gasteiger partial charge in [-0.05, 0) is 27.0 Å². The van der Waals surface area contributed by atoms with Crippen molar-refractivity contribution in [1.82, 2.24) is 14.7 Å². The van der Waals surface area contributed by atoms with Crippen LogP contribution in [0.2, 0.25) is 0 Å². The summed E-state index contributed by atoms with van der Waals surface area (Å²) in [6, 6.07) is 2.09. The lowest BCUT2D eigenvalue weighted by Gasteiger charge is -2.20. The highest BCUT2D eigenvalue weighted by atomic mass is 16.4. The van der Waals surface area contributed by atoms with Crippen molar-refractivity contribution >= 4 is 5.84 Å². The highest BCUT2D eigenvalue weighted by Crippen LogP contribution is 2.08. The van der Waals surface area contributed by atoms with E-state index < -0.39 is 0 Å². The van der Waals surface area contributed by atoms with E-state index in [1.54, 1.807) is 0 Å². The molecule has 1 rings (SSSR count). The molecule has 0 fully saturated rings. The zero-order valence-electron chi connectivity index (χ0n) is 11.6. The number of oxime groups is 1. The molecule has 3 N–H and O–H groups in total. The molecular formula is C12H23N5O. The van der Waals surface area contributed by atoms with Gasteiger partial charge in [-0.15, -0.1) is 0 Å². The number of hydrogen-bond acceptors (Lipinski definition) is 4. The quantitative estimate of drug-likeness (QED) is 0.343. The molecular weight excluding hydrogens is 230 g/mol. The van der Waals surface area contributed by atoms with E-state index in [4.69, 9.17) is 10.9 Å². The standard InChI is InChI=1S/C12H23N5O/c1-5-17-11(6-10(3)14-17)8-16(4)7-9(2)12(13)15-18/h6,9,18H,5,7-8H2,1-4H3,(H2,13,15). The molecule has 0 aromatic carbocycles. The maximum absolute atomic E-state index is 8.62. The van der Waals surface area contributed by atoms with Gasteiger partial charge < -0.3 is 10.9 Å². The summed E-state index contributed by atoms with van der Waals surface area (Å²) < 4.78 is 2.00. The molecule has 0 aliphatic rings. The molecule has 0 aliphatic carbocycles. The SMILES string of the molecule is CCn1nc(C)cc1CN(C)CC(C)C(N)=NO. The summed E-state index contributed by atoms with van der Waals surface area (Å²) in [5, 5.41) is 16.1. The van der Waals surface area contributed by atoms with Crippen LogP contribution in [-0.2, 0) is 13.1 Å². The van der Waals surface area contributed by atoms with E-state index in [1.165, 1.54) is 5.69 Å². The summed E-state index contributed by atoms with van der Waals surface area (Å²) in [5.74, 6) is 0.293. The number of nitrogens with zero attached hydrogens (tertiary/aromatic N) is 4. The third-order valence-corrected chi connectivity index (χ3v) is 2.92.